The van der Waals surface area contributed by atoms with Crippen molar-refractivity contribution >= 4 is 11.7 Å². The van der Waals surface area contributed by atoms with Gasteiger partial charge in [-0.3, -0.25) is 9.69 Å². The molecule has 0 radical (unpaired) electrons. The van der Waals surface area contributed by atoms with Gasteiger partial charge in [-0.15, -0.1) is 0 Å². The Labute approximate surface area is 160 Å². The number of ether oxygens (including phenoxy) is 1. The molecule has 2 aromatic rings. The van der Waals surface area contributed by atoms with Gasteiger partial charge in [-0.05, 0) is 44.5 Å². The minimum atomic E-state index is 0.0220. The lowest BCUT2D eigenvalue weighted by atomic mass is 10.1. The summed E-state index contributed by atoms with van der Waals surface area (Å²) in [5, 5.41) is 0. The number of hydrogen-bond donors (Lipinski definition) is 1. The Bertz CT molecular complexity index is 790. The van der Waals surface area contributed by atoms with Gasteiger partial charge in [0.1, 0.15) is 17.4 Å². The van der Waals surface area contributed by atoms with Crippen LogP contribution in [0.4, 0.5) is 5.82 Å². The van der Waals surface area contributed by atoms with E-state index in [0.717, 1.165) is 29.8 Å². The largest absolute Gasteiger partial charge is 0.483 e. The van der Waals surface area contributed by atoms with Crippen molar-refractivity contribution in [2.45, 2.75) is 32.9 Å². The molecule has 3 rings (SSSR count). The van der Waals surface area contributed by atoms with Gasteiger partial charge in [0.05, 0.1) is 6.54 Å². The second-order valence-corrected chi connectivity index (χ2v) is 7.10. The van der Waals surface area contributed by atoms with Crippen molar-refractivity contribution in [1.82, 2.24) is 19.8 Å². The Morgan fingerprint density at radius 2 is 2.07 bits per heavy atom. The Kier molecular flexibility index (Phi) is 5.91. The maximum absolute atomic E-state index is 12.6. The van der Waals surface area contributed by atoms with Crippen LogP contribution in [0.5, 0.6) is 5.75 Å². The number of nitrogens with zero attached hydrogens (tertiary/aromatic N) is 4. The highest BCUT2D eigenvalue weighted by Gasteiger charge is 2.29. The molecule has 2 N–H and O–H groups in total. The molecule has 27 heavy (non-hydrogen) atoms. The molecule has 1 saturated heterocycles. The van der Waals surface area contributed by atoms with E-state index in [1.165, 1.54) is 0 Å². The fraction of sp³-hybridized carbons (Fsp3) is 0.450. The van der Waals surface area contributed by atoms with Gasteiger partial charge >= 0.3 is 0 Å². The summed E-state index contributed by atoms with van der Waals surface area (Å²) in [6, 6.07) is 7.93. The highest BCUT2D eigenvalue weighted by Crippen LogP contribution is 2.23. The number of anilines is 1. The zero-order chi connectivity index (χ0) is 19.4. The summed E-state index contributed by atoms with van der Waals surface area (Å²) in [5.74, 6) is 1.99. The van der Waals surface area contributed by atoms with Crippen molar-refractivity contribution in [3.8, 4) is 5.75 Å². The van der Waals surface area contributed by atoms with Crippen LogP contribution in [-0.4, -0.2) is 58.5 Å². The number of hydrogen-bond acceptors (Lipinski definition) is 6. The van der Waals surface area contributed by atoms with E-state index in [4.69, 9.17) is 10.5 Å². The smallest absolute Gasteiger partial charge is 0.260 e. The first-order valence-electron chi connectivity index (χ1n) is 9.18. The number of likely N-dealkylation sites (N-methyl/N-ethyl adjacent to an activating group) is 1. The lowest BCUT2D eigenvalue weighted by molar-refractivity contribution is -0.132. The fourth-order valence-electron chi connectivity index (χ4n) is 3.42. The highest BCUT2D eigenvalue weighted by molar-refractivity contribution is 5.78. The van der Waals surface area contributed by atoms with Crippen LogP contribution in [0.3, 0.4) is 0 Å². The molecule has 7 heteroatoms. The number of nitrogens with two attached hydrogens (primary N) is 1. The average Bonchev–Trinajstić information content (AvgIpc) is 3.11. The number of aromatic nitrogens is 2. The summed E-state index contributed by atoms with van der Waals surface area (Å²) in [4.78, 5) is 25.1. The number of carbonyl (C=O) groups is 1. The van der Waals surface area contributed by atoms with Crippen molar-refractivity contribution in [1.29, 1.82) is 0 Å². The standard InChI is InChI=1S/C20H27N5O2/c1-14-5-4-6-15(2)20(14)27-13-19(26)25-10-8-16(11-25)24(3)12-18-22-9-7-17(21)23-18/h4-7,9,16H,8,10-13H2,1-3H3,(H2,21,22,23)/t16-/m0/s1. The number of benzene rings is 1. The van der Waals surface area contributed by atoms with Gasteiger partial charge in [-0.2, -0.15) is 0 Å². The molecule has 7 nitrogen and oxygen atoms in total. The third-order valence-corrected chi connectivity index (χ3v) is 5.01. The molecule has 1 aliphatic heterocycles. The SMILES string of the molecule is Cc1cccc(C)c1OCC(=O)N1CC[C@H](N(C)Cc2nccc(N)n2)C1. The van der Waals surface area contributed by atoms with E-state index in [1.54, 1.807) is 12.3 Å². The topological polar surface area (TPSA) is 84.6 Å². The minimum Gasteiger partial charge on any atom is -0.483 e. The Morgan fingerprint density at radius 3 is 2.78 bits per heavy atom. The number of aryl methyl sites for hydroxylation is 2. The Morgan fingerprint density at radius 1 is 1.33 bits per heavy atom. The van der Waals surface area contributed by atoms with Crippen molar-refractivity contribution in [2.75, 3.05) is 32.5 Å². The number of rotatable bonds is 6. The Hall–Kier alpha value is -2.67. The molecule has 1 aliphatic rings. The molecule has 0 aliphatic carbocycles. The molecule has 0 spiro atoms. The number of nitrogen functional groups attached to an aromatic ring is 1. The van der Waals surface area contributed by atoms with Crippen LogP contribution in [0.15, 0.2) is 30.5 Å². The van der Waals surface area contributed by atoms with Crippen molar-refractivity contribution in [3.05, 3.63) is 47.4 Å². The molecule has 0 bridgehead atoms. The normalized spacial score (nSPS) is 16.7. The van der Waals surface area contributed by atoms with Gasteiger partial charge < -0.3 is 15.4 Å². The molecular weight excluding hydrogens is 342 g/mol. The summed E-state index contributed by atoms with van der Waals surface area (Å²) in [7, 11) is 2.03. The van der Waals surface area contributed by atoms with Crippen LogP contribution >= 0.6 is 0 Å². The first-order valence-corrected chi connectivity index (χ1v) is 9.18. The van der Waals surface area contributed by atoms with Gasteiger partial charge in [-0.25, -0.2) is 9.97 Å². The first-order chi connectivity index (χ1) is 12.9. The van der Waals surface area contributed by atoms with E-state index in [0.29, 0.717) is 24.7 Å². The summed E-state index contributed by atoms with van der Waals surface area (Å²) < 4.78 is 5.81. The van der Waals surface area contributed by atoms with Crippen LogP contribution in [0.25, 0.3) is 0 Å². The molecule has 1 amide bonds. The molecule has 1 aromatic heterocycles. The molecule has 1 aromatic carbocycles. The molecule has 0 saturated carbocycles. The second-order valence-electron chi connectivity index (χ2n) is 7.10. The summed E-state index contributed by atoms with van der Waals surface area (Å²) in [6.45, 7) is 6.09. The van der Waals surface area contributed by atoms with Gasteiger partial charge in [0.2, 0.25) is 0 Å². The molecule has 1 atom stereocenters. The molecule has 0 unspecified atom stereocenters. The van der Waals surface area contributed by atoms with E-state index in [1.807, 2.05) is 44.0 Å². The predicted molar refractivity (Wildman–Crippen MR) is 104 cm³/mol. The van der Waals surface area contributed by atoms with Crippen molar-refractivity contribution in [3.63, 3.8) is 0 Å². The average molecular weight is 369 g/mol. The van der Waals surface area contributed by atoms with E-state index >= 15 is 0 Å². The Balaban J connectivity index is 1.51. The van der Waals surface area contributed by atoms with Gasteiger partial charge in [-0.1, -0.05) is 18.2 Å². The van der Waals surface area contributed by atoms with Crippen LogP contribution < -0.4 is 10.5 Å². The van der Waals surface area contributed by atoms with E-state index in [9.17, 15) is 4.79 Å². The minimum absolute atomic E-state index is 0.0220. The third-order valence-electron chi connectivity index (χ3n) is 5.01. The zero-order valence-electron chi connectivity index (χ0n) is 16.2. The summed E-state index contributed by atoms with van der Waals surface area (Å²) in [6.07, 6.45) is 2.59. The highest BCUT2D eigenvalue weighted by atomic mass is 16.5. The number of carbonyl (C=O) groups excluding carboxylic acids is 1. The number of likely N-dealkylation sites (tertiary alicyclic amines) is 1. The predicted octanol–water partition coefficient (Wildman–Crippen LogP) is 1.79. The quantitative estimate of drug-likeness (QED) is 0.836. The van der Waals surface area contributed by atoms with Gasteiger partial charge in [0.25, 0.3) is 5.91 Å². The van der Waals surface area contributed by atoms with E-state index in [-0.39, 0.29) is 18.6 Å². The maximum atomic E-state index is 12.6. The van der Waals surface area contributed by atoms with Crippen LogP contribution in [0.2, 0.25) is 0 Å². The molecule has 1 fully saturated rings. The zero-order valence-corrected chi connectivity index (χ0v) is 16.2. The summed E-state index contributed by atoms with van der Waals surface area (Å²) >= 11 is 0. The van der Waals surface area contributed by atoms with E-state index < -0.39 is 0 Å². The van der Waals surface area contributed by atoms with Crippen molar-refractivity contribution < 1.29 is 9.53 Å². The summed E-state index contributed by atoms with van der Waals surface area (Å²) in [5.41, 5.74) is 7.81. The lowest BCUT2D eigenvalue weighted by Crippen LogP contribution is -2.38. The fourth-order valence-corrected chi connectivity index (χ4v) is 3.42. The van der Waals surface area contributed by atoms with Crippen LogP contribution in [0, 0.1) is 13.8 Å². The number of amides is 1. The van der Waals surface area contributed by atoms with Gasteiger partial charge in [0, 0.05) is 25.3 Å². The maximum Gasteiger partial charge on any atom is 0.260 e. The molecule has 144 valence electrons. The van der Waals surface area contributed by atoms with Crippen molar-refractivity contribution in [2.24, 2.45) is 0 Å². The van der Waals surface area contributed by atoms with Crippen LogP contribution in [-0.2, 0) is 11.3 Å². The van der Waals surface area contributed by atoms with Crippen LogP contribution in [0.1, 0.15) is 23.4 Å². The number of para-hydroxylation sites is 1. The monoisotopic (exact) mass is 369 g/mol. The van der Waals surface area contributed by atoms with Gasteiger partial charge in [0.15, 0.2) is 6.61 Å². The molecular formula is C20H27N5O2. The molecule has 2 heterocycles. The first kappa shape index (κ1) is 19.1. The second kappa shape index (κ2) is 8.35. The third kappa shape index (κ3) is 4.74. The lowest BCUT2D eigenvalue weighted by Gasteiger charge is -2.24. The van der Waals surface area contributed by atoms with E-state index in [2.05, 4.69) is 14.9 Å².